The van der Waals surface area contributed by atoms with Crippen LogP contribution in [0.5, 0.6) is 0 Å². The molecular formula is C11H23NO5S. The SMILES string of the molecule is COCCNCC(O)CS(=O)(=O)C1CCOCC1. The normalized spacial score (nSPS) is 19.9. The summed E-state index contributed by atoms with van der Waals surface area (Å²) in [6, 6.07) is 0. The van der Waals surface area contributed by atoms with Crippen LogP contribution in [0.15, 0.2) is 0 Å². The van der Waals surface area contributed by atoms with Gasteiger partial charge in [0.05, 0.1) is 23.7 Å². The zero-order valence-electron chi connectivity index (χ0n) is 10.8. The second-order valence-corrected chi connectivity index (χ2v) is 6.82. The molecule has 7 heteroatoms. The lowest BCUT2D eigenvalue weighted by molar-refractivity contribution is 0.0979. The predicted molar refractivity (Wildman–Crippen MR) is 68.4 cm³/mol. The molecule has 0 aromatic rings. The van der Waals surface area contributed by atoms with Crippen LogP contribution in [0.2, 0.25) is 0 Å². The average Bonchev–Trinajstić information content (AvgIpc) is 2.35. The summed E-state index contributed by atoms with van der Waals surface area (Å²) in [7, 11) is -1.64. The molecule has 0 bridgehead atoms. The highest BCUT2D eigenvalue weighted by atomic mass is 32.2. The molecule has 0 aromatic heterocycles. The summed E-state index contributed by atoms with van der Waals surface area (Å²) in [6.07, 6.45) is 0.202. The van der Waals surface area contributed by atoms with Crippen LogP contribution in [-0.4, -0.2) is 70.7 Å². The number of methoxy groups -OCH3 is 1. The standard InChI is InChI=1S/C11H23NO5S/c1-16-7-4-12-8-10(13)9-18(14,15)11-2-5-17-6-3-11/h10-13H,2-9H2,1H3. The zero-order valence-corrected chi connectivity index (χ0v) is 11.6. The van der Waals surface area contributed by atoms with Crippen molar-refractivity contribution in [2.75, 3.05) is 45.8 Å². The molecule has 1 atom stereocenters. The molecule has 0 amide bonds. The summed E-state index contributed by atoms with van der Waals surface area (Å²) >= 11 is 0. The average molecular weight is 281 g/mol. The van der Waals surface area contributed by atoms with Gasteiger partial charge in [-0.2, -0.15) is 0 Å². The minimum atomic E-state index is -3.23. The van der Waals surface area contributed by atoms with Crippen LogP contribution in [0.1, 0.15) is 12.8 Å². The molecule has 1 unspecified atom stereocenters. The van der Waals surface area contributed by atoms with E-state index in [1.165, 1.54) is 0 Å². The van der Waals surface area contributed by atoms with Gasteiger partial charge in [-0.15, -0.1) is 0 Å². The van der Waals surface area contributed by atoms with E-state index in [1.807, 2.05) is 0 Å². The number of hydrogen-bond acceptors (Lipinski definition) is 6. The Morgan fingerprint density at radius 2 is 2.11 bits per heavy atom. The van der Waals surface area contributed by atoms with Crippen molar-refractivity contribution >= 4 is 9.84 Å². The van der Waals surface area contributed by atoms with E-state index in [4.69, 9.17) is 9.47 Å². The predicted octanol–water partition coefficient (Wildman–Crippen LogP) is -0.823. The fourth-order valence-corrected chi connectivity index (χ4v) is 3.78. The molecular weight excluding hydrogens is 258 g/mol. The topological polar surface area (TPSA) is 84.9 Å². The highest BCUT2D eigenvalue weighted by molar-refractivity contribution is 7.92. The van der Waals surface area contributed by atoms with Crippen molar-refractivity contribution in [1.29, 1.82) is 0 Å². The Labute approximate surface area is 109 Å². The van der Waals surface area contributed by atoms with Gasteiger partial charge in [-0.1, -0.05) is 0 Å². The van der Waals surface area contributed by atoms with Crippen molar-refractivity contribution in [2.24, 2.45) is 0 Å². The maximum absolute atomic E-state index is 12.0. The third-order valence-electron chi connectivity index (χ3n) is 2.96. The lowest BCUT2D eigenvalue weighted by Crippen LogP contribution is -2.39. The molecule has 1 aliphatic heterocycles. The van der Waals surface area contributed by atoms with Gasteiger partial charge in [-0.3, -0.25) is 0 Å². The molecule has 18 heavy (non-hydrogen) atoms. The summed E-state index contributed by atoms with van der Waals surface area (Å²) in [4.78, 5) is 0. The van der Waals surface area contributed by atoms with Crippen molar-refractivity contribution in [1.82, 2.24) is 5.32 Å². The van der Waals surface area contributed by atoms with Crippen LogP contribution in [0.3, 0.4) is 0 Å². The van der Waals surface area contributed by atoms with Gasteiger partial charge in [0.15, 0.2) is 9.84 Å². The summed E-state index contributed by atoms with van der Waals surface area (Å²) in [5.74, 6) is -0.183. The summed E-state index contributed by atoms with van der Waals surface area (Å²) in [5, 5.41) is 12.3. The van der Waals surface area contributed by atoms with Crippen molar-refractivity contribution in [3.8, 4) is 0 Å². The van der Waals surface area contributed by atoms with Gasteiger partial charge in [0.2, 0.25) is 0 Å². The first-order valence-corrected chi connectivity index (χ1v) is 7.95. The Kier molecular flexibility index (Phi) is 7.10. The minimum absolute atomic E-state index is 0.183. The van der Waals surface area contributed by atoms with Crippen molar-refractivity contribution < 1.29 is 23.0 Å². The summed E-state index contributed by atoms with van der Waals surface area (Å²) < 4.78 is 34.0. The van der Waals surface area contributed by atoms with E-state index in [0.717, 1.165) is 0 Å². The molecule has 1 rings (SSSR count). The Morgan fingerprint density at radius 1 is 1.44 bits per heavy atom. The molecule has 0 radical (unpaired) electrons. The van der Waals surface area contributed by atoms with E-state index < -0.39 is 15.9 Å². The number of ether oxygens (including phenoxy) is 2. The van der Waals surface area contributed by atoms with Crippen molar-refractivity contribution in [3.05, 3.63) is 0 Å². The molecule has 0 saturated carbocycles. The molecule has 1 saturated heterocycles. The van der Waals surface area contributed by atoms with E-state index in [2.05, 4.69) is 5.32 Å². The van der Waals surface area contributed by atoms with E-state index in [-0.39, 0.29) is 17.5 Å². The highest BCUT2D eigenvalue weighted by Crippen LogP contribution is 2.17. The van der Waals surface area contributed by atoms with Crippen molar-refractivity contribution in [2.45, 2.75) is 24.2 Å². The monoisotopic (exact) mass is 281 g/mol. The van der Waals surface area contributed by atoms with Crippen LogP contribution >= 0.6 is 0 Å². The van der Waals surface area contributed by atoms with Gasteiger partial charge in [0.1, 0.15) is 0 Å². The highest BCUT2D eigenvalue weighted by Gasteiger charge is 2.29. The second-order valence-electron chi connectivity index (χ2n) is 4.49. The summed E-state index contributed by atoms with van der Waals surface area (Å²) in [5.41, 5.74) is 0. The smallest absolute Gasteiger partial charge is 0.155 e. The van der Waals surface area contributed by atoms with Crippen LogP contribution in [0.4, 0.5) is 0 Å². The van der Waals surface area contributed by atoms with E-state index in [1.54, 1.807) is 7.11 Å². The van der Waals surface area contributed by atoms with Gasteiger partial charge in [-0.25, -0.2) is 8.42 Å². The number of aliphatic hydroxyl groups is 1. The van der Waals surface area contributed by atoms with Crippen LogP contribution < -0.4 is 5.32 Å². The fourth-order valence-electron chi connectivity index (χ4n) is 1.94. The second kappa shape index (κ2) is 8.06. The summed E-state index contributed by atoms with van der Waals surface area (Å²) in [6.45, 7) is 2.40. The first kappa shape index (κ1) is 15.8. The number of aliphatic hydroxyl groups excluding tert-OH is 1. The number of nitrogens with one attached hydrogen (secondary N) is 1. The Morgan fingerprint density at radius 3 is 2.72 bits per heavy atom. The molecule has 1 aliphatic rings. The quantitative estimate of drug-likeness (QED) is 0.565. The molecule has 0 aliphatic carbocycles. The molecule has 0 aromatic carbocycles. The largest absolute Gasteiger partial charge is 0.391 e. The first-order valence-electron chi connectivity index (χ1n) is 6.23. The molecule has 2 N–H and O–H groups in total. The Bertz CT molecular complexity index is 313. The third kappa shape index (κ3) is 5.62. The van der Waals surface area contributed by atoms with Crippen molar-refractivity contribution in [3.63, 3.8) is 0 Å². The zero-order chi connectivity index (χ0) is 13.4. The van der Waals surface area contributed by atoms with Crippen LogP contribution in [0.25, 0.3) is 0 Å². The van der Waals surface area contributed by atoms with E-state index in [0.29, 0.717) is 39.2 Å². The van der Waals surface area contributed by atoms with E-state index in [9.17, 15) is 13.5 Å². The Hall–Kier alpha value is -0.210. The van der Waals surface area contributed by atoms with Gasteiger partial charge >= 0.3 is 0 Å². The number of sulfone groups is 1. The van der Waals surface area contributed by atoms with Gasteiger partial charge in [0, 0.05) is 33.4 Å². The Balaban J connectivity index is 2.30. The molecule has 1 fully saturated rings. The first-order chi connectivity index (χ1) is 8.56. The number of hydrogen-bond donors (Lipinski definition) is 2. The van der Waals surface area contributed by atoms with Crippen LogP contribution in [0, 0.1) is 0 Å². The lowest BCUT2D eigenvalue weighted by Gasteiger charge is -2.23. The van der Waals surface area contributed by atoms with Gasteiger partial charge in [-0.05, 0) is 12.8 Å². The lowest BCUT2D eigenvalue weighted by atomic mass is 10.2. The van der Waals surface area contributed by atoms with E-state index >= 15 is 0 Å². The molecule has 0 spiro atoms. The molecule has 1 heterocycles. The number of rotatable bonds is 8. The maximum Gasteiger partial charge on any atom is 0.155 e. The maximum atomic E-state index is 12.0. The van der Waals surface area contributed by atoms with Crippen LogP contribution in [-0.2, 0) is 19.3 Å². The van der Waals surface area contributed by atoms with Gasteiger partial charge in [0.25, 0.3) is 0 Å². The third-order valence-corrected chi connectivity index (χ3v) is 5.30. The molecule has 108 valence electrons. The fraction of sp³-hybridized carbons (Fsp3) is 1.00. The minimum Gasteiger partial charge on any atom is -0.391 e. The molecule has 6 nitrogen and oxygen atoms in total. The van der Waals surface area contributed by atoms with Gasteiger partial charge < -0.3 is 19.9 Å².